The smallest absolute Gasteiger partial charge is 0.120 e. The van der Waals surface area contributed by atoms with Crippen LogP contribution in [-0.2, 0) is 0 Å². The number of aromatic hydroxyl groups is 2. The molecule has 1 atom stereocenters. The Labute approximate surface area is 96.1 Å². The van der Waals surface area contributed by atoms with Crippen molar-refractivity contribution in [2.45, 2.75) is 25.8 Å². The minimum atomic E-state index is 0.0184. The lowest BCUT2D eigenvalue weighted by Gasteiger charge is -2.15. The molecule has 0 radical (unpaired) electrons. The van der Waals surface area contributed by atoms with Gasteiger partial charge in [-0.2, -0.15) is 0 Å². The van der Waals surface area contributed by atoms with Gasteiger partial charge in [-0.25, -0.2) is 0 Å². The van der Waals surface area contributed by atoms with Gasteiger partial charge in [0.05, 0.1) is 0 Å². The second-order valence-electron chi connectivity index (χ2n) is 3.91. The topological polar surface area (TPSA) is 78.5 Å². The van der Waals surface area contributed by atoms with E-state index in [0.29, 0.717) is 12.1 Å². The van der Waals surface area contributed by atoms with Gasteiger partial charge in [0.15, 0.2) is 0 Å². The monoisotopic (exact) mass is 224 g/mol. The Morgan fingerprint density at radius 1 is 1.31 bits per heavy atom. The van der Waals surface area contributed by atoms with E-state index in [1.54, 1.807) is 6.07 Å². The molecule has 0 saturated carbocycles. The quantitative estimate of drug-likeness (QED) is 0.436. The van der Waals surface area contributed by atoms with Gasteiger partial charge in [-0.05, 0) is 51.1 Å². The number of rotatable bonds is 6. The van der Waals surface area contributed by atoms with Gasteiger partial charge >= 0.3 is 0 Å². The molecule has 1 rings (SSSR count). The summed E-state index contributed by atoms with van der Waals surface area (Å²) in [6.07, 6.45) is 2.01. The molecule has 1 unspecified atom stereocenters. The van der Waals surface area contributed by atoms with E-state index in [1.807, 2.05) is 6.92 Å². The van der Waals surface area contributed by atoms with Crippen molar-refractivity contribution < 1.29 is 10.2 Å². The van der Waals surface area contributed by atoms with Gasteiger partial charge in [-0.15, -0.1) is 0 Å². The SMILES string of the molecule is CC(NCCCCN)c1cc(O)ccc1O. The average Bonchev–Trinajstić information content (AvgIpc) is 2.27. The van der Waals surface area contributed by atoms with Crippen molar-refractivity contribution in [2.75, 3.05) is 13.1 Å². The lowest BCUT2D eigenvalue weighted by atomic mass is 10.1. The van der Waals surface area contributed by atoms with Crippen LogP contribution in [0.3, 0.4) is 0 Å². The first-order valence-corrected chi connectivity index (χ1v) is 5.60. The van der Waals surface area contributed by atoms with Gasteiger partial charge in [0, 0.05) is 11.6 Å². The van der Waals surface area contributed by atoms with Crippen molar-refractivity contribution in [3.05, 3.63) is 23.8 Å². The summed E-state index contributed by atoms with van der Waals surface area (Å²) in [6, 6.07) is 4.57. The van der Waals surface area contributed by atoms with Crippen LogP contribution in [0.1, 0.15) is 31.4 Å². The third kappa shape index (κ3) is 3.72. The molecule has 0 fully saturated rings. The maximum absolute atomic E-state index is 9.64. The van der Waals surface area contributed by atoms with Crippen molar-refractivity contribution in [2.24, 2.45) is 5.73 Å². The minimum absolute atomic E-state index is 0.0184. The zero-order valence-corrected chi connectivity index (χ0v) is 9.61. The number of phenols is 2. The fourth-order valence-electron chi connectivity index (χ4n) is 1.59. The van der Waals surface area contributed by atoms with Crippen LogP contribution in [0.15, 0.2) is 18.2 Å². The molecule has 0 heterocycles. The van der Waals surface area contributed by atoms with Gasteiger partial charge in [-0.1, -0.05) is 0 Å². The normalized spacial score (nSPS) is 12.6. The van der Waals surface area contributed by atoms with Crippen LogP contribution in [0.2, 0.25) is 0 Å². The minimum Gasteiger partial charge on any atom is -0.508 e. The highest BCUT2D eigenvalue weighted by atomic mass is 16.3. The Bertz CT molecular complexity index is 329. The van der Waals surface area contributed by atoms with E-state index < -0.39 is 0 Å². The highest BCUT2D eigenvalue weighted by Crippen LogP contribution is 2.27. The molecule has 5 N–H and O–H groups in total. The Morgan fingerprint density at radius 2 is 2.06 bits per heavy atom. The van der Waals surface area contributed by atoms with Gasteiger partial charge in [-0.3, -0.25) is 0 Å². The summed E-state index contributed by atoms with van der Waals surface area (Å²) in [4.78, 5) is 0. The van der Waals surface area contributed by atoms with E-state index >= 15 is 0 Å². The lowest BCUT2D eigenvalue weighted by Crippen LogP contribution is -2.20. The van der Waals surface area contributed by atoms with Crippen molar-refractivity contribution in [1.29, 1.82) is 0 Å². The molecule has 0 aliphatic carbocycles. The standard InChI is InChI=1S/C12H20N2O2/c1-9(14-7-3-2-6-13)11-8-10(15)4-5-12(11)16/h4-5,8-9,14-16H,2-3,6-7,13H2,1H3. The molecule has 4 nitrogen and oxygen atoms in total. The van der Waals surface area contributed by atoms with Crippen molar-refractivity contribution in [3.63, 3.8) is 0 Å². The second kappa shape index (κ2) is 6.35. The number of nitrogens with one attached hydrogen (secondary N) is 1. The van der Waals surface area contributed by atoms with Crippen LogP contribution in [0.4, 0.5) is 0 Å². The van der Waals surface area contributed by atoms with Gasteiger partial charge < -0.3 is 21.3 Å². The van der Waals surface area contributed by atoms with Crippen molar-refractivity contribution in [3.8, 4) is 11.5 Å². The first kappa shape index (κ1) is 12.8. The molecule has 90 valence electrons. The number of hydrogen-bond donors (Lipinski definition) is 4. The molecule has 0 aliphatic heterocycles. The molecular formula is C12H20N2O2. The van der Waals surface area contributed by atoms with Crippen molar-refractivity contribution in [1.82, 2.24) is 5.32 Å². The molecule has 0 bridgehead atoms. The van der Waals surface area contributed by atoms with E-state index in [4.69, 9.17) is 5.73 Å². The molecule has 16 heavy (non-hydrogen) atoms. The second-order valence-corrected chi connectivity index (χ2v) is 3.91. The van der Waals surface area contributed by atoms with Crippen LogP contribution in [0.25, 0.3) is 0 Å². The van der Waals surface area contributed by atoms with Crippen LogP contribution >= 0.6 is 0 Å². The maximum atomic E-state index is 9.64. The lowest BCUT2D eigenvalue weighted by molar-refractivity contribution is 0.440. The number of nitrogens with two attached hydrogens (primary N) is 1. The first-order valence-electron chi connectivity index (χ1n) is 5.60. The summed E-state index contributed by atoms with van der Waals surface area (Å²) in [5, 5.41) is 22.3. The Kier molecular flexibility index (Phi) is 5.08. The van der Waals surface area contributed by atoms with E-state index in [0.717, 1.165) is 19.4 Å². The molecule has 1 aromatic rings. The van der Waals surface area contributed by atoms with Crippen LogP contribution in [-0.4, -0.2) is 23.3 Å². The summed E-state index contributed by atoms with van der Waals surface area (Å²) in [7, 11) is 0. The zero-order valence-electron chi connectivity index (χ0n) is 9.61. The molecule has 1 aromatic carbocycles. The van der Waals surface area contributed by atoms with Crippen molar-refractivity contribution >= 4 is 0 Å². The Hall–Kier alpha value is -1.26. The third-order valence-corrected chi connectivity index (χ3v) is 2.56. The Balaban J connectivity index is 2.51. The molecule has 0 saturated heterocycles. The van der Waals surface area contributed by atoms with Gasteiger partial charge in [0.25, 0.3) is 0 Å². The summed E-state index contributed by atoms with van der Waals surface area (Å²) < 4.78 is 0. The van der Waals surface area contributed by atoms with E-state index in [2.05, 4.69) is 5.32 Å². The third-order valence-electron chi connectivity index (χ3n) is 2.56. The van der Waals surface area contributed by atoms with E-state index in [-0.39, 0.29) is 17.5 Å². The predicted molar refractivity (Wildman–Crippen MR) is 64.5 cm³/mol. The Morgan fingerprint density at radius 3 is 2.75 bits per heavy atom. The highest BCUT2D eigenvalue weighted by molar-refractivity contribution is 5.40. The van der Waals surface area contributed by atoms with E-state index in [1.165, 1.54) is 12.1 Å². The molecule has 0 aromatic heterocycles. The summed E-state index contributed by atoms with van der Waals surface area (Å²) >= 11 is 0. The van der Waals surface area contributed by atoms with Crippen LogP contribution < -0.4 is 11.1 Å². The largest absolute Gasteiger partial charge is 0.508 e. The summed E-state index contributed by atoms with van der Waals surface area (Å²) in [6.45, 7) is 3.51. The molecule has 0 spiro atoms. The molecular weight excluding hydrogens is 204 g/mol. The molecule has 0 aliphatic rings. The van der Waals surface area contributed by atoms with Crippen LogP contribution in [0, 0.1) is 0 Å². The van der Waals surface area contributed by atoms with E-state index in [9.17, 15) is 10.2 Å². The van der Waals surface area contributed by atoms with Gasteiger partial charge in [0.2, 0.25) is 0 Å². The fourth-order valence-corrected chi connectivity index (χ4v) is 1.59. The van der Waals surface area contributed by atoms with Gasteiger partial charge in [0.1, 0.15) is 11.5 Å². The zero-order chi connectivity index (χ0) is 12.0. The van der Waals surface area contributed by atoms with Crippen LogP contribution in [0.5, 0.6) is 11.5 Å². The molecule has 0 amide bonds. The highest BCUT2D eigenvalue weighted by Gasteiger charge is 2.10. The maximum Gasteiger partial charge on any atom is 0.120 e. The number of benzene rings is 1. The summed E-state index contributed by atoms with van der Waals surface area (Å²) in [5.41, 5.74) is 6.12. The first-order chi connectivity index (χ1) is 7.65. The predicted octanol–water partition coefficient (Wildman–Crippen LogP) is 1.49. The number of hydrogen-bond acceptors (Lipinski definition) is 4. The summed E-state index contributed by atoms with van der Waals surface area (Å²) in [5.74, 6) is 0.375. The molecule has 4 heteroatoms. The number of unbranched alkanes of at least 4 members (excludes halogenated alkanes) is 1. The average molecular weight is 224 g/mol. The number of phenolic OH excluding ortho intramolecular Hbond substituents is 2. The fraction of sp³-hybridized carbons (Fsp3) is 0.500.